The molecule has 0 spiro atoms. The third kappa shape index (κ3) is 14.2. The van der Waals surface area contributed by atoms with E-state index in [1.165, 1.54) is 26.4 Å². The van der Waals surface area contributed by atoms with Crippen LogP contribution in [0.15, 0.2) is 93.9 Å². The Morgan fingerprint density at radius 2 is 1.12 bits per heavy atom. The Balaban J connectivity index is 0.000000282. The van der Waals surface area contributed by atoms with Crippen LogP contribution in [0.4, 0.5) is 11.4 Å². The first-order valence-corrected chi connectivity index (χ1v) is 17.0. The van der Waals surface area contributed by atoms with Crippen molar-refractivity contribution in [3.05, 3.63) is 126 Å². The highest BCUT2D eigenvalue weighted by Gasteiger charge is 2.15. The van der Waals surface area contributed by atoms with E-state index >= 15 is 0 Å². The molecule has 4 N–H and O–H groups in total. The largest absolute Gasteiger partial charge is 0.478 e. The Morgan fingerprint density at radius 1 is 0.714 bits per heavy atom. The Kier molecular flexibility index (Phi) is 17.3. The topological polar surface area (TPSA) is 145 Å². The van der Waals surface area contributed by atoms with Gasteiger partial charge in [-0.1, -0.05) is 93.2 Å². The monoisotopic (exact) mass is 836 g/mol. The fourth-order valence-corrected chi connectivity index (χ4v) is 5.31. The summed E-state index contributed by atoms with van der Waals surface area (Å²) in [6.07, 6.45) is 1.27. The van der Waals surface area contributed by atoms with Gasteiger partial charge in [0.25, 0.3) is 5.91 Å². The number of nitrogen functional groups attached to an aromatic ring is 1. The van der Waals surface area contributed by atoms with Crippen molar-refractivity contribution in [2.24, 2.45) is 11.8 Å². The Labute approximate surface area is 312 Å². The number of carboxylic acids is 1. The van der Waals surface area contributed by atoms with E-state index in [1.54, 1.807) is 36.4 Å². The van der Waals surface area contributed by atoms with E-state index in [2.05, 4.69) is 41.9 Å². The lowest BCUT2D eigenvalue weighted by atomic mass is 10.0. The van der Waals surface area contributed by atoms with Crippen molar-refractivity contribution >= 4 is 90.3 Å². The van der Waals surface area contributed by atoms with Crippen molar-refractivity contribution in [3.8, 4) is 0 Å². The lowest BCUT2D eigenvalue weighted by molar-refractivity contribution is -0.145. The normalized spacial score (nSPS) is 11.3. The molecular weight excluding hydrogens is 803 g/mol. The van der Waals surface area contributed by atoms with Gasteiger partial charge in [-0.05, 0) is 84.6 Å². The van der Waals surface area contributed by atoms with E-state index in [-0.39, 0.29) is 40.3 Å². The summed E-state index contributed by atoms with van der Waals surface area (Å²) in [6.45, 7) is 3.67. The van der Waals surface area contributed by atoms with Crippen LogP contribution >= 0.6 is 55.1 Å². The average Bonchev–Trinajstić information content (AvgIpc) is 3.08. The van der Waals surface area contributed by atoms with Crippen LogP contribution in [0.5, 0.6) is 0 Å². The maximum atomic E-state index is 12.3. The second kappa shape index (κ2) is 20.6. The summed E-state index contributed by atoms with van der Waals surface area (Å²) in [6, 6.07) is 24.6. The number of hydrogen-bond acceptors (Lipinski definition) is 7. The van der Waals surface area contributed by atoms with E-state index in [0.29, 0.717) is 33.6 Å². The van der Waals surface area contributed by atoms with Gasteiger partial charge in [-0.3, -0.25) is 14.4 Å². The number of carboxylic acid groups (broad SMARTS) is 1. The van der Waals surface area contributed by atoms with Gasteiger partial charge < -0.3 is 25.6 Å². The number of nitrogens with one attached hydrogen (secondary N) is 1. The number of rotatable bonds is 9. The predicted molar refractivity (Wildman–Crippen MR) is 200 cm³/mol. The minimum absolute atomic E-state index is 0.108. The molecule has 9 nitrogen and oxygen atoms in total. The molecule has 4 rings (SSSR count). The minimum Gasteiger partial charge on any atom is -0.478 e. The molecule has 49 heavy (non-hydrogen) atoms. The van der Waals surface area contributed by atoms with Crippen molar-refractivity contribution in [1.29, 1.82) is 0 Å². The SMILES string of the molecule is COC(=O)C(C)Cc1ccc(N)cc1.COC(=O)C(C)Cc1ccc(NC(=O)c2cc(Br)ccc2Cl)cc1.O=C(O)c1cc(Br)ccc1Cl. The van der Waals surface area contributed by atoms with Gasteiger partial charge in [0, 0.05) is 20.3 Å². The summed E-state index contributed by atoms with van der Waals surface area (Å²) in [5.74, 6) is -2.04. The molecule has 13 heteroatoms. The van der Waals surface area contributed by atoms with Crippen LogP contribution in [-0.4, -0.2) is 43.1 Å². The molecule has 0 aromatic heterocycles. The summed E-state index contributed by atoms with van der Waals surface area (Å²) < 4.78 is 10.9. The summed E-state index contributed by atoms with van der Waals surface area (Å²) in [4.78, 5) is 45.4. The van der Waals surface area contributed by atoms with Crippen molar-refractivity contribution < 1.29 is 33.8 Å². The van der Waals surface area contributed by atoms with Gasteiger partial charge in [0.15, 0.2) is 0 Å². The highest BCUT2D eigenvalue weighted by Crippen LogP contribution is 2.23. The summed E-state index contributed by atoms with van der Waals surface area (Å²) in [5.41, 5.74) is 9.54. The number of esters is 2. The number of hydrogen-bond donors (Lipinski definition) is 3. The Hall–Kier alpha value is -3.90. The van der Waals surface area contributed by atoms with Crippen LogP contribution in [0.1, 0.15) is 45.7 Å². The smallest absolute Gasteiger partial charge is 0.337 e. The van der Waals surface area contributed by atoms with Gasteiger partial charge in [0.1, 0.15) is 0 Å². The number of halogens is 4. The van der Waals surface area contributed by atoms with Crippen LogP contribution in [0.2, 0.25) is 10.0 Å². The molecule has 4 aromatic carbocycles. The molecule has 0 saturated heterocycles. The second-order valence-corrected chi connectivity index (χ2v) is 13.3. The van der Waals surface area contributed by atoms with E-state index in [9.17, 15) is 19.2 Å². The molecule has 0 radical (unpaired) electrons. The van der Waals surface area contributed by atoms with Gasteiger partial charge in [-0.25, -0.2) is 4.79 Å². The number of amides is 1. The molecule has 260 valence electrons. The van der Waals surface area contributed by atoms with Crippen molar-refractivity contribution in [2.75, 3.05) is 25.3 Å². The zero-order valence-electron chi connectivity index (χ0n) is 27.1. The maximum absolute atomic E-state index is 12.3. The number of benzene rings is 4. The number of ether oxygens (including phenoxy) is 2. The molecule has 0 saturated carbocycles. The Bertz CT molecular complexity index is 1740. The molecule has 0 heterocycles. The number of methoxy groups -OCH3 is 2. The third-order valence-electron chi connectivity index (χ3n) is 6.81. The number of carbonyl (C=O) groups excluding carboxylic acids is 3. The average molecular weight is 839 g/mol. The molecule has 1 amide bonds. The maximum Gasteiger partial charge on any atom is 0.337 e. The molecule has 4 aromatic rings. The second-order valence-electron chi connectivity index (χ2n) is 10.7. The molecule has 0 aliphatic carbocycles. The van der Waals surface area contributed by atoms with Crippen LogP contribution in [-0.2, 0) is 31.9 Å². The van der Waals surface area contributed by atoms with E-state index in [0.717, 1.165) is 21.3 Å². The van der Waals surface area contributed by atoms with Gasteiger partial charge in [-0.2, -0.15) is 0 Å². The van der Waals surface area contributed by atoms with Crippen LogP contribution < -0.4 is 11.1 Å². The van der Waals surface area contributed by atoms with Crippen LogP contribution in [0.3, 0.4) is 0 Å². The van der Waals surface area contributed by atoms with Gasteiger partial charge in [-0.15, -0.1) is 0 Å². The molecule has 2 atom stereocenters. The van der Waals surface area contributed by atoms with Crippen molar-refractivity contribution in [1.82, 2.24) is 0 Å². The number of anilines is 2. The van der Waals surface area contributed by atoms with E-state index in [1.807, 2.05) is 50.2 Å². The lowest BCUT2D eigenvalue weighted by Crippen LogP contribution is -2.15. The van der Waals surface area contributed by atoms with E-state index < -0.39 is 5.97 Å². The molecular formula is C36H36Br2Cl2N2O7. The predicted octanol–water partition coefficient (Wildman–Crippen LogP) is 9.13. The fraction of sp³-hybridized carbons (Fsp3) is 0.222. The fourth-order valence-electron chi connectivity index (χ4n) is 4.19. The summed E-state index contributed by atoms with van der Waals surface area (Å²) in [7, 11) is 2.78. The first-order chi connectivity index (χ1) is 23.1. The minimum atomic E-state index is -1.02. The third-order valence-corrected chi connectivity index (χ3v) is 8.46. The lowest BCUT2D eigenvalue weighted by Gasteiger charge is -2.10. The molecule has 2 unspecified atom stereocenters. The number of nitrogens with two attached hydrogens (primary N) is 1. The standard InChI is InChI=1S/C18H17BrClNO3.C11H15NO2.C7H4BrClO2/c1-11(18(23)24-2)9-12-3-6-14(7-4-12)21-17(22)15-10-13(19)5-8-16(15)20;1-8(11(13)14-2)7-9-3-5-10(12)6-4-9;8-4-1-2-6(9)5(3-4)7(10)11/h3-8,10-11H,9H2,1-2H3,(H,21,22);3-6,8H,7,12H2,1-2H3;1-3H,(H,10,11). The quantitative estimate of drug-likeness (QED) is 0.112. The number of carbonyl (C=O) groups is 4. The zero-order chi connectivity index (χ0) is 36.7. The number of aromatic carboxylic acids is 1. The van der Waals surface area contributed by atoms with Crippen molar-refractivity contribution in [3.63, 3.8) is 0 Å². The first kappa shape index (κ1) is 41.3. The summed E-state index contributed by atoms with van der Waals surface area (Å²) in [5, 5.41) is 12.0. The van der Waals surface area contributed by atoms with Crippen molar-refractivity contribution in [2.45, 2.75) is 26.7 Å². The summed E-state index contributed by atoms with van der Waals surface area (Å²) >= 11 is 18.1. The van der Waals surface area contributed by atoms with Gasteiger partial charge >= 0.3 is 17.9 Å². The van der Waals surface area contributed by atoms with Crippen LogP contribution in [0, 0.1) is 11.8 Å². The zero-order valence-corrected chi connectivity index (χ0v) is 31.8. The Morgan fingerprint density at radius 3 is 1.53 bits per heavy atom. The highest BCUT2D eigenvalue weighted by molar-refractivity contribution is 9.10. The van der Waals surface area contributed by atoms with Gasteiger partial charge in [0.05, 0.1) is 47.2 Å². The first-order valence-electron chi connectivity index (χ1n) is 14.7. The van der Waals surface area contributed by atoms with Crippen LogP contribution in [0.25, 0.3) is 0 Å². The molecule has 0 aliphatic rings. The molecule has 0 fully saturated rings. The van der Waals surface area contributed by atoms with E-state index in [4.69, 9.17) is 38.8 Å². The highest BCUT2D eigenvalue weighted by atomic mass is 79.9. The molecule has 0 bridgehead atoms. The molecule has 0 aliphatic heterocycles. The van der Waals surface area contributed by atoms with Gasteiger partial charge in [0.2, 0.25) is 0 Å².